The smallest absolute Gasteiger partial charge is 0.234 e. The van der Waals surface area contributed by atoms with E-state index in [9.17, 15) is 4.79 Å². The molecule has 0 aliphatic heterocycles. The molecule has 0 saturated heterocycles. The summed E-state index contributed by atoms with van der Waals surface area (Å²) in [5.41, 5.74) is 0.219. The summed E-state index contributed by atoms with van der Waals surface area (Å²) in [4.78, 5) is 11.6. The fourth-order valence-electron chi connectivity index (χ4n) is 1.48. The second kappa shape index (κ2) is 6.39. The Kier molecular flexibility index (Phi) is 6.17. The summed E-state index contributed by atoms with van der Waals surface area (Å²) in [6.07, 6.45) is 2.27. The van der Waals surface area contributed by atoms with Crippen molar-refractivity contribution in [2.45, 2.75) is 72.9 Å². The molecule has 17 heavy (non-hydrogen) atoms. The van der Waals surface area contributed by atoms with Gasteiger partial charge in [0.05, 0.1) is 6.54 Å². The average molecular weight is 242 g/mol. The number of carbonyl (C=O) groups excluding carboxylic acids is 1. The minimum atomic E-state index is -0.145. The molecule has 0 radical (unpaired) electrons. The zero-order valence-corrected chi connectivity index (χ0v) is 12.6. The Morgan fingerprint density at radius 3 is 2.06 bits per heavy atom. The van der Waals surface area contributed by atoms with Crippen LogP contribution in [0.4, 0.5) is 0 Å². The molecule has 3 nitrogen and oxygen atoms in total. The monoisotopic (exact) mass is 242 g/mol. The molecule has 0 aliphatic rings. The van der Waals surface area contributed by atoms with Gasteiger partial charge in [-0.2, -0.15) is 0 Å². The number of carbonyl (C=O) groups is 1. The second-order valence-corrected chi connectivity index (χ2v) is 7.18. The number of hydrogen-bond acceptors (Lipinski definition) is 2. The Labute approximate surface area is 107 Å². The van der Waals surface area contributed by atoms with Gasteiger partial charge in [-0.25, -0.2) is 0 Å². The molecule has 1 atom stereocenters. The van der Waals surface area contributed by atoms with E-state index < -0.39 is 0 Å². The maximum absolute atomic E-state index is 11.6. The molecule has 1 amide bonds. The van der Waals surface area contributed by atoms with Crippen LogP contribution in [-0.2, 0) is 4.79 Å². The van der Waals surface area contributed by atoms with Crippen molar-refractivity contribution in [3.05, 3.63) is 0 Å². The van der Waals surface area contributed by atoms with Gasteiger partial charge in [-0.1, -0.05) is 20.8 Å². The largest absolute Gasteiger partial charge is 0.350 e. The number of rotatable bonds is 5. The molecule has 1 unspecified atom stereocenters. The molecular formula is C14H30N2O. The molecule has 2 N–H and O–H groups in total. The molecule has 0 aromatic rings. The van der Waals surface area contributed by atoms with Crippen LogP contribution in [0.5, 0.6) is 0 Å². The quantitative estimate of drug-likeness (QED) is 0.778. The molecule has 0 saturated carbocycles. The lowest BCUT2D eigenvalue weighted by Crippen LogP contribution is -2.46. The van der Waals surface area contributed by atoms with Crippen molar-refractivity contribution in [1.29, 1.82) is 0 Å². The van der Waals surface area contributed by atoms with Gasteiger partial charge in [-0.05, 0) is 46.0 Å². The van der Waals surface area contributed by atoms with Crippen LogP contribution in [0.3, 0.4) is 0 Å². The standard InChI is InChI=1S/C14H30N2O/c1-11(8-9-13(2,3)4)15-10-12(17)16-14(5,6)7/h11,15H,8-10H2,1-7H3,(H,16,17). The van der Waals surface area contributed by atoms with Crippen LogP contribution in [0.1, 0.15) is 61.3 Å². The summed E-state index contributed by atoms with van der Waals surface area (Å²) in [7, 11) is 0. The molecule has 0 fully saturated rings. The molecule has 0 aromatic carbocycles. The van der Waals surface area contributed by atoms with E-state index in [2.05, 4.69) is 38.3 Å². The highest BCUT2D eigenvalue weighted by Gasteiger charge is 2.15. The Bertz CT molecular complexity index is 236. The maximum atomic E-state index is 11.6. The zero-order valence-electron chi connectivity index (χ0n) is 12.6. The van der Waals surface area contributed by atoms with Gasteiger partial charge in [-0.15, -0.1) is 0 Å². The Balaban J connectivity index is 3.77. The first-order chi connectivity index (χ1) is 7.49. The van der Waals surface area contributed by atoms with E-state index in [0.29, 0.717) is 18.0 Å². The number of amides is 1. The van der Waals surface area contributed by atoms with E-state index in [0.717, 1.165) is 6.42 Å². The van der Waals surface area contributed by atoms with Gasteiger partial charge in [0.25, 0.3) is 0 Å². The summed E-state index contributed by atoms with van der Waals surface area (Å²) in [6, 6.07) is 0.389. The molecule has 3 heteroatoms. The third-order valence-electron chi connectivity index (χ3n) is 2.45. The molecular weight excluding hydrogens is 212 g/mol. The van der Waals surface area contributed by atoms with Gasteiger partial charge in [0.2, 0.25) is 5.91 Å². The maximum Gasteiger partial charge on any atom is 0.234 e. The van der Waals surface area contributed by atoms with Crippen molar-refractivity contribution < 1.29 is 4.79 Å². The summed E-state index contributed by atoms with van der Waals surface area (Å²) in [5, 5.41) is 6.21. The van der Waals surface area contributed by atoms with Crippen LogP contribution in [0.2, 0.25) is 0 Å². The lowest BCUT2D eigenvalue weighted by Gasteiger charge is -2.23. The predicted molar refractivity (Wildman–Crippen MR) is 74.0 cm³/mol. The minimum Gasteiger partial charge on any atom is -0.350 e. The van der Waals surface area contributed by atoms with Gasteiger partial charge in [-0.3, -0.25) is 4.79 Å². The third-order valence-corrected chi connectivity index (χ3v) is 2.45. The molecule has 102 valence electrons. The van der Waals surface area contributed by atoms with E-state index in [1.54, 1.807) is 0 Å². The highest BCUT2D eigenvalue weighted by Crippen LogP contribution is 2.21. The molecule has 0 bridgehead atoms. The molecule has 0 spiro atoms. The second-order valence-electron chi connectivity index (χ2n) is 7.18. The van der Waals surface area contributed by atoms with Crippen LogP contribution in [0, 0.1) is 5.41 Å². The van der Waals surface area contributed by atoms with Gasteiger partial charge < -0.3 is 10.6 Å². The van der Waals surface area contributed by atoms with Crippen molar-refractivity contribution in [3.63, 3.8) is 0 Å². The SMILES string of the molecule is CC(CCC(C)(C)C)NCC(=O)NC(C)(C)C. The summed E-state index contributed by atoms with van der Waals surface area (Å²) in [5.74, 6) is 0.0695. The van der Waals surface area contributed by atoms with Gasteiger partial charge in [0.1, 0.15) is 0 Å². The van der Waals surface area contributed by atoms with Crippen molar-refractivity contribution in [2.24, 2.45) is 5.41 Å². The zero-order chi connectivity index (χ0) is 13.7. The van der Waals surface area contributed by atoms with Crippen molar-refractivity contribution >= 4 is 5.91 Å². The number of nitrogens with one attached hydrogen (secondary N) is 2. The molecule has 0 aromatic heterocycles. The number of hydrogen-bond donors (Lipinski definition) is 2. The summed E-state index contributed by atoms with van der Waals surface area (Å²) in [6.45, 7) is 15.2. The topological polar surface area (TPSA) is 41.1 Å². The van der Waals surface area contributed by atoms with Crippen LogP contribution >= 0.6 is 0 Å². The van der Waals surface area contributed by atoms with Crippen LogP contribution in [0.25, 0.3) is 0 Å². The van der Waals surface area contributed by atoms with Crippen LogP contribution in [0.15, 0.2) is 0 Å². The third kappa shape index (κ3) is 11.7. The van der Waals surface area contributed by atoms with Crippen molar-refractivity contribution in [2.75, 3.05) is 6.54 Å². The van der Waals surface area contributed by atoms with E-state index in [4.69, 9.17) is 0 Å². The minimum absolute atomic E-state index is 0.0695. The molecule has 0 rings (SSSR count). The van der Waals surface area contributed by atoms with E-state index in [1.807, 2.05) is 20.8 Å². The Morgan fingerprint density at radius 2 is 1.65 bits per heavy atom. The summed E-state index contributed by atoms with van der Waals surface area (Å²) >= 11 is 0. The van der Waals surface area contributed by atoms with E-state index >= 15 is 0 Å². The lowest BCUT2D eigenvalue weighted by atomic mass is 9.89. The van der Waals surface area contributed by atoms with Gasteiger partial charge in [0.15, 0.2) is 0 Å². The van der Waals surface area contributed by atoms with E-state index in [-0.39, 0.29) is 11.4 Å². The molecule has 0 heterocycles. The Hall–Kier alpha value is -0.570. The first-order valence-electron chi connectivity index (χ1n) is 6.54. The first-order valence-corrected chi connectivity index (χ1v) is 6.54. The van der Waals surface area contributed by atoms with Crippen molar-refractivity contribution in [1.82, 2.24) is 10.6 Å². The highest BCUT2D eigenvalue weighted by molar-refractivity contribution is 5.78. The fourth-order valence-corrected chi connectivity index (χ4v) is 1.48. The first kappa shape index (κ1) is 16.4. The average Bonchev–Trinajstić information content (AvgIpc) is 2.07. The highest BCUT2D eigenvalue weighted by atomic mass is 16.2. The fraction of sp³-hybridized carbons (Fsp3) is 0.929. The normalized spacial score (nSPS) is 14.5. The van der Waals surface area contributed by atoms with Crippen molar-refractivity contribution in [3.8, 4) is 0 Å². The van der Waals surface area contributed by atoms with Crippen LogP contribution < -0.4 is 10.6 Å². The van der Waals surface area contributed by atoms with E-state index in [1.165, 1.54) is 6.42 Å². The summed E-state index contributed by atoms with van der Waals surface area (Å²) < 4.78 is 0. The molecule has 0 aliphatic carbocycles. The Morgan fingerprint density at radius 1 is 1.12 bits per heavy atom. The van der Waals surface area contributed by atoms with Crippen LogP contribution in [-0.4, -0.2) is 24.0 Å². The van der Waals surface area contributed by atoms with Gasteiger partial charge >= 0.3 is 0 Å². The predicted octanol–water partition coefficient (Wildman–Crippen LogP) is 2.71. The van der Waals surface area contributed by atoms with Gasteiger partial charge in [0, 0.05) is 11.6 Å². The lowest BCUT2D eigenvalue weighted by molar-refractivity contribution is -0.121.